The molecule has 5 atom stereocenters. The number of anilines is 1. The summed E-state index contributed by atoms with van der Waals surface area (Å²) in [6.45, 7) is 7.28. The lowest BCUT2D eigenvalue weighted by Gasteiger charge is -2.37. The molecule has 9 heteroatoms. The monoisotopic (exact) mass is 538 g/mol. The summed E-state index contributed by atoms with van der Waals surface area (Å²) in [5.74, 6) is 1.04. The second-order valence-corrected chi connectivity index (χ2v) is 16.0. The van der Waals surface area contributed by atoms with E-state index in [1.54, 1.807) is 19.1 Å². The van der Waals surface area contributed by atoms with Crippen LogP contribution in [-0.2, 0) is 19.9 Å². The fraction of sp³-hybridized carbons (Fsp3) is 0.517. The summed E-state index contributed by atoms with van der Waals surface area (Å²) in [6.07, 6.45) is 1.41. The number of benzene rings is 2. The molecule has 0 unspecified atom stereocenters. The molecule has 3 aliphatic rings. The highest BCUT2D eigenvalue weighted by Gasteiger charge is 2.65. The zero-order chi connectivity index (χ0) is 27.2. The van der Waals surface area contributed by atoms with Gasteiger partial charge in [0.1, 0.15) is 11.5 Å². The van der Waals surface area contributed by atoms with Gasteiger partial charge in [-0.3, -0.25) is 9.59 Å². The standard InChI is InChI=1S/C29H38N2O6Si/c1-18-27(38(4,5)22-11-8-20(35-2)9-12-22)25(16-26(33)31-14-6-7-19(31)17-32)37-29(18)23-15-21(36-3)10-13-24(23)30-28(29)34/h8-13,15,18-19,25,27,32H,6-7,14,16-17H2,1-5H3,(H,30,34)/t18-,19+,25+,27-,29+/m1/s1. The fourth-order valence-corrected chi connectivity index (χ4v) is 11.1. The summed E-state index contributed by atoms with van der Waals surface area (Å²) in [5.41, 5.74) is 0.246. The van der Waals surface area contributed by atoms with Crippen LogP contribution in [0.15, 0.2) is 42.5 Å². The summed E-state index contributed by atoms with van der Waals surface area (Å²) in [4.78, 5) is 29.1. The van der Waals surface area contributed by atoms with Crippen molar-refractivity contribution >= 4 is 30.8 Å². The number of likely N-dealkylation sites (tertiary alicyclic amines) is 1. The number of aliphatic hydroxyl groups excluding tert-OH is 1. The Hall–Kier alpha value is -2.88. The Morgan fingerprint density at radius 3 is 2.50 bits per heavy atom. The van der Waals surface area contributed by atoms with E-state index in [2.05, 4.69) is 37.5 Å². The minimum absolute atomic E-state index is 0.0235. The number of amides is 2. The Morgan fingerprint density at radius 1 is 1.16 bits per heavy atom. The van der Waals surface area contributed by atoms with Crippen LogP contribution in [0.25, 0.3) is 0 Å². The van der Waals surface area contributed by atoms with E-state index in [-0.39, 0.29) is 42.3 Å². The first-order chi connectivity index (χ1) is 18.2. The van der Waals surface area contributed by atoms with Crippen LogP contribution in [0.3, 0.4) is 0 Å². The number of ether oxygens (including phenoxy) is 3. The predicted octanol–water partition coefficient (Wildman–Crippen LogP) is 3.25. The molecule has 0 saturated carbocycles. The summed E-state index contributed by atoms with van der Waals surface area (Å²) in [6, 6.07) is 13.6. The van der Waals surface area contributed by atoms with Crippen LogP contribution in [0.2, 0.25) is 18.6 Å². The Balaban J connectivity index is 1.57. The highest BCUT2D eigenvalue weighted by atomic mass is 28.3. The van der Waals surface area contributed by atoms with Gasteiger partial charge < -0.3 is 29.5 Å². The predicted molar refractivity (Wildman–Crippen MR) is 148 cm³/mol. The summed E-state index contributed by atoms with van der Waals surface area (Å²) in [7, 11) is 0.939. The number of aliphatic hydroxyl groups is 1. The zero-order valence-electron chi connectivity index (χ0n) is 22.8. The van der Waals surface area contributed by atoms with Crippen molar-refractivity contribution in [2.75, 3.05) is 32.7 Å². The van der Waals surface area contributed by atoms with Gasteiger partial charge in [-0.15, -0.1) is 0 Å². The highest BCUT2D eigenvalue weighted by molar-refractivity contribution is 6.91. The lowest BCUT2D eigenvalue weighted by Crippen LogP contribution is -2.52. The van der Waals surface area contributed by atoms with Crippen molar-refractivity contribution < 1.29 is 28.9 Å². The molecule has 0 aliphatic carbocycles. The third kappa shape index (κ3) is 4.11. The number of methoxy groups -OCH3 is 2. The molecule has 2 amide bonds. The minimum Gasteiger partial charge on any atom is -0.497 e. The van der Waals surface area contributed by atoms with E-state index in [0.29, 0.717) is 12.3 Å². The van der Waals surface area contributed by atoms with Gasteiger partial charge >= 0.3 is 0 Å². The van der Waals surface area contributed by atoms with Crippen LogP contribution >= 0.6 is 0 Å². The number of hydrogen-bond acceptors (Lipinski definition) is 6. The molecular formula is C29H38N2O6Si. The summed E-state index contributed by atoms with van der Waals surface area (Å²) >= 11 is 0. The van der Waals surface area contributed by atoms with E-state index in [0.717, 1.165) is 29.8 Å². The minimum atomic E-state index is -2.32. The molecule has 5 rings (SSSR count). The molecule has 2 aromatic carbocycles. The third-order valence-corrected chi connectivity index (χ3v) is 13.4. The molecule has 3 aliphatic heterocycles. The van der Waals surface area contributed by atoms with Gasteiger partial charge in [0.25, 0.3) is 5.91 Å². The van der Waals surface area contributed by atoms with E-state index in [4.69, 9.17) is 14.2 Å². The summed E-state index contributed by atoms with van der Waals surface area (Å²) in [5, 5.41) is 14.1. The van der Waals surface area contributed by atoms with Crippen molar-refractivity contribution in [2.24, 2.45) is 5.92 Å². The fourth-order valence-electron chi connectivity index (χ4n) is 7.08. The average molecular weight is 539 g/mol. The SMILES string of the molecule is COc1ccc([Si](C)(C)[C@H]2[C@H](CC(=O)N3CCC[C@H]3CO)O[C@@]3(C(=O)Nc4ccc(OC)cc43)[C@@H]2C)cc1. The van der Waals surface area contributed by atoms with Crippen molar-refractivity contribution in [3.8, 4) is 11.5 Å². The molecule has 0 bridgehead atoms. The van der Waals surface area contributed by atoms with Crippen molar-refractivity contribution in [2.45, 2.75) is 62.6 Å². The maximum Gasteiger partial charge on any atom is 0.261 e. The van der Waals surface area contributed by atoms with Crippen LogP contribution in [0.4, 0.5) is 5.69 Å². The van der Waals surface area contributed by atoms with Gasteiger partial charge in [-0.1, -0.05) is 37.3 Å². The molecule has 204 valence electrons. The largest absolute Gasteiger partial charge is 0.497 e. The van der Waals surface area contributed by atoms with Gasteiger partial charge in [0.15, 0.2) is 5.60 Å². The number of rotatable bonds is 7. The maximum atomic E-state index is 13.7. The first-order valence-corrected chi connectivity index (χ1v) is 16.5. The van der Waals surface area contributed by atoms with E-state index < -0.39 is 19.8 Å². The highest BCUT2D eigenvalue weighted by Crippen LogP contribution is 2.59. The Kier molecular flexibility index (Phi) is 7.04. The second-order valence-electron chi connectivity index (χ2n) is 11.3. The molecule has 8 nitrogen and oxygen atoms in total. The molecule has 2 fully saturated rings. The van der Waals surface area contributed by atoms with Gasteiger partial charge in [0.2, 0.25) is 5.91 Å². The van der Waals surface area contributed by atoms with E-state index in [9.17, 15) is 14.7 Å². The molecule has 0 aromatic heterocycles. The zero-order valence-corrected chi connectivity index (χ0v) is 23.8. The number of carbonyl (C=O) groups is 2. The van der Waals surface area contributed by atoms with Crippen LogP contribution in [-0.4, -0.2) is 69.4 Å². The normalized spacial score (nSPS) is 28.5. The third-order valence-electron chi connectivity index (χ3n) is 9.08. The van der Waals surface area contributed by atoms with E-state index in [1.807, 2.05) is 30.3 Å². The van der Waals surface area contributed by atoms with Gasteiger partial charge in [-0.2, -0.15) is 0 Å². The smallest absolute Gasteiger partial charge is 0.261 e. The topological polar surface area (TPSA) is 97.3 Å². The first-order valence-electron chi connectivity index (χ1n) is 13.4. The molecule has 1 spiro atoms. The van der Waals surface area contributed by atoms with Gasteiger partial charge in [0, 0.05) is 23.7 Å². The van der Waals surface area contributed by atoms with Crippen LogP contribution in [0.5, 0.6) is 11.5 Å². The van der Waals surface area contributed by atoms with Crippen molar-refractivity contribution in [1.29, 1.82) is 0 Å². The van der Waals surface area contributed by atoms with Crippen molar-refractivity contribution in [3.63, 3.8) is 0 Å². The van der Waals surface area contributed by atoms with Gasteiger partial charge in [-0.25, -0.2) is 0 Å². The second kappa shape index (κ2) is 10.0. The quantitative estimate of drug-likeness (QED) is 0.526. The Morgan fingerprint density at radius 2 is 1.84 bits per heavy atom. The number of hydrogen-bond donors (Lipinski definition) is 2. The van der Waals surface area contributed by atoms with E-state index >= 15 is 0 Å². The molecule has 2 aromatic rings. The molecule has 2 N–H and O–H groups in total. The Bertz CT molecular complexity index is 1220. The maximum absolute atomic E-state index is 13.7. The number of fused-ring (bicyclic) bond motifs is 2. The molecule has 2 saturated heterocycles. The molecule has 38 heavy (non-hydrogen) atoms. The van der Waals surface area contributed by atoms with Gasteiger partial charge in [-0.05, 0) is 48.7 Å². The number of nitrogens with zero attached hydrogens (tertiary/aromatic N) is 1. The van der Waals surface area contributed by atoms with Crippen LogP contribution in [0, 0.1) is 5.92 Å². The van der Waals surface area contributed by atoms with Crippen LogP contribution < -0.4 is 20.0 Å². The molecule has 0 radical (unpaired) electrons. The van der Waals surface area contributed by atoms with Crippen molar-refractivity contribution in [1.82, 2.24) is 4.90 Å². The lowest BCUT2D eigenvalue weighted by atomic mass is 9.82. The Labute approximate surface area is 225 Å². The number of nitrogens with one attached hydrogen (secondary N) is 1. The van der Waals surface area contributed by atoms with E-state index in [1.165, 1.54) is 5.19 Å². The number of carbonyl (C=O) groups excluding carboxylic acids is 2. The first kappa shape index (κ1) is 26.7. The average Bonchev–Trinajstić information content (AvgIpc) is 3.59. The molecular weight excluding hydrogens is 500 g/mol. The lowest BCUT2D eigenvalue weighted by molar-refractivity contribution is -0.148. The van der Waals surface area contributed by atoms with Crippen LogP contribution in [0.1, 0.15) is 31.7 Å². The summed E-state index contributed by atoms with van der Waals surface area (Å²) < 4.78 is 17.7. The van der Waals surface area contributed by atoms with Gasteiger partial charge in [0.05, 0.1) is 47.5 Å². The molecule has 3 heterocycles. The van der Waals surface area contributed by atoms with Crippen molar-refractivity contribution in [3.05, 3.63) is 48.0 Å².